The molecule has 25 heavy (non-hydrogen) atoms. The van der Waals surface area contributed by atoms with Gasteiger partial charge in [-0.1, -0.05) is 11.8 Å². The number of piperidine rings is 1. The van der Waals surface area contributed by atoms with E-state index < -0.39 is 0 Å². The Bertz CT molecular complexity index is 694. The van der Waals surface area contributed by atoms with Crippen molar-refractivity contribution in [2.45, 2.75) is 50.1 Å². The van der Waals surface area contributed by atoms with Crippen LogP contribution in [0.4, 0.5) is 11.4 Å². The highest BCUT2D eigenvalue weighted by atomic mass is 32.2. The highest BCUT2D eigenvalue weighted by Crippen LogP contribution is 2.24. The largest absolute Gasteiger partial charge is 0.372 e. The van der Waals surface area contributed by atoms with Gasteiger partial charge in [-0.25, -0.2) is 0 Å². The van der Waals surface area contributed by atoms with Crippen LogP contribution < -0.4 is 10.2 Å². The molecule has 0 saturated carbocycles. The fraction of sp³-hybridized carbons (Fsp3) is 0.500. The van der Waals surface area contributed by atoms with E-state index in [9.17, 15) is 4.79 Å². The van der Waals surface area contributed by atoms with E-state index >= 15 is 0 Å². The molecular weight excluding hydrogens is 334 g/mol. The molecule has 3 rings (SSSR count). The van der Waals surface area contributed by atoms with Crippen molar-refractivity contribution in [2.24, 2.45) is 0 Å². The number of aryl methyl sites for hydroxylation is 1. The van der Waals surface area contributed by atoms with Crippen molar-refractivity contribution in [1.82, 2.24) is 14.8 Å². The zero-order chi connectivity index (χ0) is 17.6. The topological polar surface area (TPSA) is 63.1 Å². The van der Waals surface area contributed by atoms with Gasteiger partial charge < -0.3 is 14.8 Å². The van der Waals surface area contributed by atoms with Crippen LogP contribution in [-0.2, 0) is 11.3 Å². The van der Waals surface area contributed by atoms with Gasteiger partial charge in [0.15, 0.2) is 5.16 Å². The van der Waals surface area contributed by atoms with Gasteiger partial charge >= 0.3 is 0 Å². The van der Waals surface area contributed by atoms with E-state index in [0.29, 0.717) is 0 Å². The molecule has 1 aromatic carbocycles. The SMILES string of the molecule is CCn1cnnc1SC(C)C(=O)Nc1ccc(N2CCCCC2)cc1. The van der Waals surface area contributed by atoms with Gasteiger partial charge in [0.25, 0.3) is 0 Å². The van der Waals surface area contributed by atoms with Gasteiger partial charge in [-0.3, -0.25) is 4.79 Å². The van der Waals surface area contributed by atoms with E-state index in [4.69, 9.17) is 0 Å². The number of aromatic nitrogens is 3. The van der Waals surface area contributed by atoms with Gasteiger partial charge in [0.1, 0.15) is 6.33 Å². The maximum absolute atomic E-state index is 12.4. The lowest BCUT2D eigenvalue weighted by molar-refractivity contribution is -0.115. The van der Waals surface area contributed by atoms with Crippen molar-refractivity contribution >= 4 is 29.0 Å². The molecule has 0 radical (unpaired) electrons. The molecule has 1 aliphatic heterocycles. The van der Waals surface area contributed by atoms with Gasteiger partial charge in [0.2, 0.25) is 5.91 Å². The molecule has 6 nitrogen and oxygen atoms in total. The van der Waals surface area contributed by atoms with Crippen molar-refractivity contribution in [3.05, 3.63) is 30.6 Å². The second-order valence-electron chi connectivity index (χ2n) is 6.24. The zero-order valence-corrected chi connectivity index (χ0v) is 15.6. The molecular formula is C18H25N5OS. The Balaban J connectivity index is 1.56. The van der Waals surface area contributed by atoms with Crippen molar-refractivity contribution in [3.63, 3.8) is 0 Å². The summed E-state index contributed by atoms with van der Waals surface area (Å²) in [6.45, 7) is 6.95. The minimum atomic E-state index is -0.240. The third kappa shape index (κ3) is 4.54. The predicted molar refractivity (Wildman–Crippen MR) is 102 cm³/mol. The third-order valence-corrected chi connectivity index (χ3v) is 5.52. The smallest absolute Gasteiger partial charge is 0.237 e. The summed E-state index contributed by atoms with van der Waals surface area (Å²) in [5, 5.41) is 11.5. The normalized spacial score (nSPS) is 15.8. The van der Waals surface area contributed by atoms with Crippen LogP contribution in [0.15, 0.2) is 35.7 Å². The van der Waals surface area contributed by atoms with Crippen LogP contribution in [0.5, 0.6) is 0 Å². The number of nitrogens with zero attached hydrogens (tertiary/aromatic N) is 4. The number of benzene rings is 1. The third-order valence-electron chi connectivity index (χ3n) is 4.43. The molecule has 2 aromatic rings. The number of hydrogen-bond acceptors (Lipinski definition) is 5. The van der Waals surface area contributed by atoms with Crippen LogP contribution in [0.25, 0.3) is 0 Å². The summed E-state index contributed by atoms with van der Waals surface area (Å²) in [5.74, 6) is -0.0265. The summed E-state index contributed by atoms with van der Waals surface area (Å²) >= 11 is 1.42. The van der Waals surface area contributed by atoms with Crippen LogP contribution in [0.1, 0.15) is 33.1 Å². The van der Waals surface area contributed by atoms with Crippen LogP contribution in [0, 0.1) is 0 Å². The molecule has 134 valence electrons. The summed E-state index contributed by atoms with van der Waals surface area (Å²) in [6, 6.07) is 8.14. The van der Waals surface area contributed by atoms with Gasteiger partial charge in [-0.2, -0.15) is 0 Å². The summed E-state index contributed by atoms with van der Waals surface area (Å²) < 4.78 is 1.93. The van der Waals surface area contributed by atoms with Crippen LogP contribution in [0.3, 0.4) is 0 Å². The number of amides is 1. The Morgan fingerprint density at radius 1 is 1.24 bits per heavy atom. The van der Waals surface area contributed by atoms with E-state index in [1.54, 1.807) is 6.33 Å². The Hall–Kier alpha value is -2.02. The Labute approximate surface area is 153 Å². The maximum Gasteiger partial charge on any atom is 0.237 e. The lowest BCUT2D eigenvalue weighted by atomic mass is 10.1. The average Bonchev–Trinajstić information content (AvgIpc) is 3.10. The summed E-state index contributed by atoms with van der Waals surface area (Å²) in [5.41, 5.74) is 2.06. The molecule has 1 fully saturated rings. The molecule has 1 amide bonds. The quantitative estimate of drug-likeness (QED) is 0.801. The van der Waals surface area contributed by atoms with Crippen LogP contribution in [-0.4, -0.2) is 39.0 Å². The number of rotatable bonds is 6. The molecule has 1 atom stereocenters. The van der Waals surface area contributed by atoms with Crippen molar-refractivity contribution in [2.75, 3.05) is 23.3 Å². The first-order valence-electron chi connectivity index (χ1n) is 8.87. The number of carbonyl (C=O) groups is 1. The van der Waals surface area contributed by atoms with Crippen molar-refractivity contribution < 1.29 is 4.79 Å². The number of carbonyl (C=O) groups excluding carboxylic acids is 1. The first-order chi connectivity index (χ1) is 12.2. The first-order valence-corrected chi connectivity index (χ1v) is 9.75. The molecule has 0 aliphatic carbocycles. The second kappa shape index (κ2) is 8.38. The lowest BCUT2D eigenvalue weighted by Crippen LogP contribution is -2.29. The summed E-state index contributed by atoms with van der Waals surface area (Å²) in [4.78, 5) is 14.8. The molecule has 1 saturated heterocycles. The molecule has 1 unspecified atom stereocenters. The molecule has 0 spiro atoms. The van der Waals surface area contributed by atoms with E-state index in [0.717, 1.165) is 30.5 Å². The van der Waals surface area contributed by atoms with E-state index in [2.05, 4.69) is 32.5 Å². The average molecular weight is 359 g/mol. The molecule has 2 heterocycles. The molecule has 1 aromatic heterocycles. The Morgan fingerprint density at radius 3 is 2.64 bits per heavy atom. The minimum Gasteiger partial charge on any atom is -0.372 e. The van der Waals surface area contributed by atoms with E-state index in [1.807, 2.05) is 30.5 Å². The Morgan fingerprint density at radius 2 is 1.96 bits per heavy atom. The molecule has 1 aliphatic rings. The standard InChI is InChI=1S/C18H25N5OS/c1-3-22-13-19-21-18(22)25-14(2)17(24)20-15-7-9-16(10-8-15)23-11-5-4-6-12-23/h7-10,13-14H,3-6,11-12H2,1-2H3,(H,20,24). The lowest BCUT2D eigenvalue weighted by Gasteiger charge is -2.28. The van der Waals surface area contributed by atoms with Crippen molar-refractivity contribution in [1.29, 1.82) is 0 Å². The maximum atomic E-state index is 12.4. The van der Waals surface area contributed by atoms with E-state index in [1.165, 1.54) is 36.7 Å². The van der Waals surface area contributed by atoms with Crippen LogP contribution in [0.2, 0.25) is 0 Å². The highest BCUT2D eigenvalue weighted by Gasteiger charge is 2.18. The van der Waals surface area contributed by atoms with E-state index in [-0.39, 0.29) is 11.2 Å². The van der Waals surface area contributed by atoms with Gasteiger partial charge in [0, 0.05) is 31.0 Å². The van der Waals surface area contributed by atoms with Gasteiger partial charge in [-0.05, 0) is 57.4 Å². The minimum absolute atomic E-state index is 0.0265. The highest BCUT2D eigenvalue weighted by molar-refractivity contribution is 8.00. The van der Waals surface area contributed by atoms with Crippen LogP contribution >= 0.6 is 11.8 Å². The second-order valence-corrected chi connectivity index (χ2v) is 7.55. The summed E-state index contributed by atoms with van der Waals surface area (Å²) in [7, 11) is 0. The zero-order valence-electron chi connectivity index (χ0n) is 14.8. The number of nitrogens with one attached hydrogen (secondary N) is 1. The van der Waals surface area contributed by atoms with Gasteiger partial charge in [0.05, 0.1) is 5.25 Å². The van der Waals surface area contributed by atoms with Gasteiger partial charge in [-0.15, -0.1) is 10.2 Å². The fourth-order valence-corrected chi connectivity index (χ4v) is 3.80. The molecule has 1 N–H and O–H groups in total. The molecule has 7 heteroatoms. The number of hydrogen-bond donors (Lipinski definition) is 1. The monoisotopic (exact) mass is 359 g/mol. The first kappa shape index (κ1) is 17.8. The summed E-state index contributed by atoms with van der Waals surface area (Å²) in [6.07, 6.45) is 5.53. The van der Waals surface area contributed by atoms with Crippen molar-refractivity contribution in [3.8, 4) is 0 Å². The molecule has 0 bridgehead atoms. The fourth-order valence-electron chi connectivity index (χ4n) is 2.92. The Kier molecular flexibility index (Phi) is 5.96. The number of thioether (sulfide) groups is 1. The predicted octanol–water partition coefficient (Wildman–Crippen LogP) is 3.41. The number of anilines is 2.